The normalized spacial score (nSPS) is 15.3. The van der Waals surface area contributed by atoms with E-state index in [4.69, 9.17) is 4.74 Å². The van der Waals surface area contributed by atoms with E-state index < -0.39 is 6.04 Å². The van der Waals surface area contributed by atoms with Crippen molar-refractivity contribution < 1.29 is 14.3 Å². The Kier molecular flexibility index (Phi) is 5.01. The highest BCUT2D eigenvalue weighted by atomic mass is 16.5. The number of carbonyl (C=O) groups excluding carboxylic acids is 2. The maximum Gasteiger partial charge on any atom is 0.267 e. The Morgan fingerprint density at radius 2 is 1.92 bits per heavy atom. The number of hydrogen-bond acceptors (Lipinski definition) is 5. The summed E-state index contributed by atoms with van der Waals surface area (Å²) < 4.78 is 6.30. The lowest BCUT2D eigenvalue weighted by molar-refractivity contribution is -0.140. The number of methoxy groups -OCH3 is 1. The summed E-state index contributed by atoms with van der Waals surface area (Å²) in [5.41, 5.74) is 1.00. The van der Waals surface area contributed by atoms with Crippen LogP contribution in [0.4, 0.5) is 0 Å². The first-order valence-corrected chi connectivity index (χ1v) is 8.29. The topological polar surface area (TPSA) is 93.5 Å². The van der Waals surface area contributed by atoms with E-state index in [1.165, 1.54) is 11.0 Å². The molecule has 1 unspecified atom stereocenters. The van der Waals surface area contributed by atoms with E-state index in [1.54, 1.807) is 32.2 Å². The Balaban J connectivity index is 1.87. The number of nitrogens with zero attached hydrogens (tertiary/aromatic N) is 3. The molecule has 8 nitrogen and oxygen atoms in total. The van der Waals surface area contributed by atoms with Crippen LogP contribution in [0.5, 0.6) is 5.75 Å². The Labute approximate surface area is 150 Å². The van der Waals surface area contributed by atoms with Gasteiger partial charge in [0.25, 0.3) is 5.56 Å². The fraction of sp³-hybridized carbons (Fsp3) is 0.333. The van der Waals surface area contributed by atoms with E-state index in [0.717, 1.165) is 10.2 Å². The molecule has 0 aliphatic carbocycles. The molecule has 1 aliphatic rings. The molecule has 1 N–H and O–H groups in total. The number of amides is 2. The lowest BCUT2D eigenvalue weighted by Crippen LogP contribution is -2.52. The van der Waals surface area contributed by atoms with Gasteiger partial charge in [-0.2, -0.15) is 5.10 Å². The van der Waals surface area contributed by atoms with Crippen LogP contribution in [0.2, 0.25) is 0 Å². The summed E-state index contributed by atoms with van der Waals surface area (Å²) in [7, 11) is 1.58. The van der Waals surface area contributed by atoms with E-state index in [9.17, 15) is 14.4 Å². The first-order chi connectivity index (χ1) is 12.5. The second kappa shape index (κ2) is 7.38. The molecule has 2 heterocycles. The Bertz CT molecular complexity index is 876. The van der Waals surface area contributed by atoms with Gasteiger partial charge in [-0.1, -0.05) is 0 Å². The van der Waals surface area contributed by atoms with Crippen LogP contribution in [0.15, 0.2) is 41.2 Å². The third-order valence-corrected chi connectivity index (χ3v) is 4.29. The maximum atomic E-state index is 12.7. The Hall–Kier alpha value is -3.16. The largest absolute Gasteiger partial charge is 0.497 e. The van der Waals surface area contributed by atoms with E-state index in [0.29, 0.717) is 24.5 Å². The molecule has 26 heavy (non-hydrogen) atoms. The number of nitrogens with one attached hydrogen (secondary N) is 1. The monoisotopic (exact) mass is 356 g/mol. The number of carbonyl (C=O) groups is 2. The van der Waals surface area contributed by atoms with Gasteiger partial charge in [0.1, 0.15) is 11.8 Å². The Morgan fingerprint density at radius 1 is 1.19 bits per heavy atom. The molecular formula is C18H20N4O4. The fourth-order valence-corrected chi connectivity index (χ4v) is 2.81. The van der Waals surface area contributed by atoms with Gasteiger partial charge in [0.05, 0.1) is 19.3 Å². The zero-order valence-electron chi connectivity index (χ0n) is 14.6. The van der Waals surface area contributed by atoms with Gasteiger partial charge in [0.15, 0.2) is 0 Å². The molecule has 1 saturated heterocycles. The van der Waals surface area contributed by atoms with E-state index in [2.05, 4.69) is 10.4 Å². The van der Waals surface area contributed by atoms with Gasteiger partial charge in [-0.3, -0.25) is 14.4 Å². The summed E-state index contributed by atoms with van der Waals surface area (Å²) >= 11 is 0. The number of rotatable bonds is 4. The summed E-state index contributed by atoms with van der Waals surface area (Å²) in [6, 6.07) is 9.47. The van der Waals surface area contributed by atoms with Gasteiger partial charge in [-0.25, -0.2) is 4.68 Å². The third-order valence-electron chi connectivity index (χ3n) is 4.29. The zero-order valence-corrected chi connectivity index (χ0v) is 14.6. The molecule has 2 amide bonds. The maximum absolute atomic E-state index is 12.7. The minimum atomic E-state index is -0.799. The van der Waals surface area contributed by atoms with Gasteiger partial charge < -0.3 is 15.0 Å². The lowest BCUT2D eigenvalue weighted by Gasteiger charge is -2.29. The summed E-state index contributed by atoms with van der Waals surface area (Å²) in [5.74, 6) is 0.208. The smallest absolute Gasteiger partial charge is 0.267 e. The van der Waals surface area contributed by atoms with E-state index >= 15 is 0 Å². The SMILES string of the molecule is COc1ccc(-c2ccc(=O)n(C(C)C(=O)N3CCNC(=O)C3)n2)cc1. The molecule has 0 radical (unpaired) electrons. The zero-order chi connectivity index (χ0) is 18.7. The summed E-state index contributed by atoms with van der Waals surface area (Å²) in [4.78, 5) is 37.8. The molecule has 8 heteroatoms. The predicted octanol–water partition coefficient (Wildman–Crippen LogP) is 0.438. The van der Waals surface area contributed by atoms with Gasteiger partial charge in [0.2, 0.25) is 11.8 Å². The van der Waals surface area contributed by atoms with Crippen LogP contribution in [0.3, 0.4) is 0 Å². The van der Waals surface area contributed by atoms with Crippen LogP contribution in [-0.4, -0.2) is 53.2 Å². The van der Waals surface area contributed by atoms with Crippen molar-refractivity contribution >= 4 is 11.8 Å². The van der Waals surface area contributed by atoms with E-state index in [-0.39, 0.29) is 23.9 Å². The van der Waals surface area contributed by atoms with Gasteiger partial charge in [-0.15, -0.1) is 0 Å². The highest BCUT2D eigenvalue weighted by Gasteiger charge is 2.27. The quantitative estimate of drug-likeness (QED) is 0.858. The summed E-state index contributed by atoms with van der Waals surface area (Å²) in [5, 5.41) is 7.02. The molecule has 1 aromatic carbocycles. The van der Waals surface area contributed by atoms with Crippen molar-refractivity contribution in [3.8, 4) is 17.0 Å². The predicted molar refractivity (Wildman–Crippen MR) is 94.8 cm³/mol. The van der Waals surface area contributed by atoms with Crippen LogP contribution in [0, 0.1) is 0 Å². The lowest BCUT2D eigenvalue weighted by atomic mass is 10.1. The number of aromatic nitrogens is 2. The van der Waals surface area contributed by atoms with E-state index in [1.807, 2.05) is 12.1 Å². The second-order valence-corrected chi connectivity index (χ2v) is 6.02. The van der Waals surface area contributed by atoms with Crippen LogP contribution >= 0.6 is 0 Å². The summed E-state index contributed by atoms with van der Waals surface area (Å²) in [6.45, 7) is 2.44. The summed E-state index contributed by atoms with van der Waals surface area (Å²) in [6.07, 6.45) is 0. The van der Waals surface area contributed by atoms with Crippen molar-refractivity contribution in [2.45, 2.75) is 13.0 Å². The molecular weight excluding hydrogens is 336 g/mol. The molecule has 0 saturated carbocycles. The molecule has 1 aromatic heterocycles. The van der Waals surface area contributed by atoms with Crippen LogP contribution < -0.4 is 15.6 Å². The van der Waals surface area contributed by atoms with Crippen molar-refractivity contribution in [2.75, 3.05) is 26.7 Å². The van der Waals surface area contributed by atoms with Crippen molar-refractivity contribution in [3.05, 3.63) is 46.8 Å². The van der Waals surface area contributed by atoms with Crippen molar-refractivity contribution in [1.82, 2.24) is 20.0 Å². The first-order valence-electron chi connectivity index (χ1n) is 8.29. The van der Waals surface area contributed by atoms with Crippen molar-refractivity contribution in [2.24, 2.45) is 0 Å². The van der Waals surface area contributed by atoms with Crippen molar-refractivity contribution in [3.63, 3.8) is 0 Å². The molecule has 1 aliphatic heterocycles. The highest BCUT2D eigenvalue weighted by molar-refractivity contribution is 5.87. The average Bonchev–Trinajstić information content (AvgIpc) is 2.67. The van der Waals surface area contributed by atoms with Gasteiger partial charge in [-0.05, 0) is 37.3 Å². The number of hydrogen-bond donors (Lipinski definition) is 1. The molecule has 136 valence electrons. The minimum Gasteiger partial charge on any atom is -0.497 e. The standard InChI is InChI=1S/C18H20N4O4/c1-12(18(25)21-10-9-19-16(23)11-21)22-17(24)8-7-15(20-22)13-3-5-14(26-2)6-4-13/h3-8,12H,9-11H2,1-2H3,(H,19,23). The minimum absolute atomic E-state index is 0.00387. The number of piperazine rings is 1. The molecule has 0 spiro atoms. The molecule has 3 rings (SSSR count). The van der Waals surface area contributed by atoms with Gasteiger partial charge >= 0.3 is 0 Å². The number of benzene rings is 1. The molecule has 1 atom stereocenters. The van der Waals surface area contributed by atoms with Crippen LogP contribution in [0.25, 0.3) is 11.3 Å². The first kappa shape index (κ1) is 17.7. The Morgan fingerprint density at radius 3 is 2.58 bits per heavy atom. The van der Waals surface area contributed by atoms with Crippen molar-refractivity contribution in [1.29, 1.82) is 0 Å². The number of ether oxygens (including phenoxy) is 1. The molecule has 1 fully saturated rings. The van der Waals surface area contributed by atoms with Crippen LogP contribution in [-0.2, 0) is 9.59 Å². The molecule has 0 bridgehead atoms. The molecule has 2 aromatic rings. The third kappa shape index (κ3) is 3.58. The second-order valence-electron chi connectivity index (χ2n) is 6.02. The highest BCUT2D eigenvalue weighted by Crippen LogP contribution is 2.20. The fourth-order valence-electron chi connectivity index (χ4n) is 2.81. The van der Waals surface area contributed by atoms with Gasteiger partial charge in [0, 0.05) is 24.7 Å². The average molecular weight is 356 g/mol. The van der Waals surface area contributed by atoms with Crippen LogP contribution in [0.1, 0.15) is 13.0 Å².